The first kappa shape index (κ1) is 11.0. The van der Waals surface area contributed by atoms with Gasteiger partial charge in [-0.3, -0.25) is 0 Å². The maximum absolute atomic E-state index is 5.67. The minimum Gasteiger partial charge on any atom is -0.491 e. The van der Waals surface area contributed by atoms with E-state index in [4.69, 9.17) is 14.9 Å². The summed E-state index contributed by atoms with van der Waals surface area (Å²) in [6.07, 6.45) is 0.950. The van der Waals surface area contributed by atoms with Gasteiger partial charge < -0.3 is 14.9 Å². The molecule has 0 radical (unpaired) electrons. The molecule has 0 aliphatic carbocycles. The lowest BCUT2D eigenvalue weighted by molar-refractivity contribution is 0.242. The van der Waals surface area contributed by atoms with Crippen molar-refractivity contribution >= 4 is 11.0 Å². The van der Waals surface area contributed by atoms with E-state index in [2.05, 4.69) is 0 Å². The number of ether oxygens (including phenoxy) is 1. The van der Waals surface area contributed by atoms with Crippen molar-refractivity contribution in [2.24, 2.45) is 5.73 Å². The van der Waals surface area contributed by atoms with Gasteiger partial charge in [-0.15, -0.1) is 0 Å². The van der Waals surface area contributed by atoms with Gasteiger partial charge in [-0.05, 0) is 38.6 Å². The molecule has 2 rings (SSSR count). The molecule has 1 aromatic heterocycles. The number of furan rings is 1. The summed E-state index contributed by atoms with van der Waals surface area (Å²) in [6, 6.07) is 7.93. The van der Waals surface area contributed by atoms with E-state index in [9.17, 15) is 0 Å². The molecule has 0 aliphatic rings. The Labute approximate surface area is 95.2 Å². The molecule has 0 fully saturated rings. The fraction of sp³-hybridized carbons (Fsp3) is 0.385. The normalized spacial score (nSPS) is 11.2. The Morgan fingerprint density at radius 1 is 1.31 bits per heavy atom. The zero-order chi connectivity index (χ0) is 11.5. The molecule has 0 saturated heterocycles. The Kier molecular flexibility index (Phi) is 3.15. The van der Waals surface area contributed by atoms with Gasteiger partial charge in [0, 0.05) is 17.9 Å². The third kappa shape index (κ3) is 2.36. The zero-order valence-electron chi connectivity index (χ0n) is 9.69. The summed E-state index contributed by atoms with van der Waals surface area (Å²) in [7, 11) is 0. The molecule has 86 valence electrons. The van der Waals surface area contributed by atoms with Crippen molar-refractivity contribution in [2.75, 3.05) is 6.54 Å². The second-order valence-electron chi connectivity index (χ2n) is 4.12. The fourth-order valence-corrected chi connectivity index (χ4v) is 1.68. The molecule has 0 spiro atoms. The number of hydrogen-bond donors (Lipinski definition) is 1. The van der Waals surface area contributed by atoms with E-state index in [1.807, 2.05) is 38.1 Å². The Morgan fingerprint density at radius 2 is 2.12 bits per heavy atom. The maximum atomic E-state index is 5.67. The molecule has 0 amide bonds. The molecule has 0 saturated carbocycles. The summed E-state index contributed by atoms with van der Waals surface area (Å²) in [6.45, 7) is 4.62. The van der Waals surface area contributed by atoms with Crippen molar-refractivity contribution in [3.8, 4) is 5.75 Å². The number of rotatable bonds is 4. The van der Waals surface area contributed by atoms with Gasteiger partial charge in [0.1, 0.15) is 17.1 Å². The van der Waals surface area contributed by atoms with E-state index in [0.717, 1.165) is 28.9 Å². The quantitative estimate of drug-likeness (QED) is 0.860. The molecule has 16 heavy (non-hydrogen) atoms. The van der Waals surface area contributed by atoms with Crippen molar-refractivity contribution in [2.45, 2.75) is 26.4 Å². The van der Waals surface area contributed by atoms with Crippen LogP contribution in [0.1, 0.15) is 19.6 Å². The van der Waals surface area contributed by atoms with Crippen molar-refractivity contribution in [1.82, 2.24) is 0 Å². The molecule has 0 atom stereocenters. The predicted molar refractivity (Wildman–Crippen MR) is 64.7 cm³/mol. The Hall–Kier alpha value is -1.48. The van der Waals surface area contributed by atoms with Gasteiger partial charge in [0.25, 0.3) is 0 Å². The van der Waals surface area contributed by atoms with Crippen molar-refractivity contribution in [3.05, 3.63) is 30.0 Å². The lowest BCUT2D eigenvalue weighted by Crippen LogP contribution is -2.04. The molecule has 0 bridgehead atoms. The minimum absolute atomic E-state index is 0.177. The summed E-state index contributed by atoms with van der Waals surface area (Å²) in [5.41, 5.74) is 6.36. The zero-order valence-corrected chi connectivity index (χ0v) is 9.69. The van der Waals surface area contributed by atoms with Crippen molar-refractivity contribution in [3.63, 3.8) is 0 Å². The van der Waals surface area contributed by atoms with Crippen LogP contribution in [0.25, 0.3) is 11.0 Å². The SMILES string of the molecule is CC(C)Oc1ccc2cc(CCN)oc2c1. The molecule has 3 heteroatoms. The van der Waals surface area contributed by atoms with Crippen LogP contribution in [-0.2, 0) is 6.42 Å². The summed E-state index contributed by atoms with van der Waals surface area (Å²) in [5.74, 6) is 1.77. The summed E-state index contributed by atoms with van der Waals surface area (Å²) < 4.78 is 11.3. The third-order valence-corrected chi connectivity index (χ3v) is 2.31. The molecular weight excluding hydrogens is 202 g/mol. The topological polar surface area (TPSA) is 48.4 Å². The Bertz CT molecular complexity index is 474. The van der Waals surface area contributed by atoms with Gasteiger partial charge in [0.15, 0.2) is 0 Å². The standard InChI is InChI=1S/C13H17NO2/c1-9(2)15-11-4-3-10-7-12(5-6-14)16-13(10)8-11/h3-4,7-9H,5-6,14H2,1-2H3. The van der Waals surface area contributed by atoms with Crippen LogP contribution in [0.4, 0.5) is 0 Å². The number of benzene rings is 1. The van der Waals surface area contributed by atoms with Crippen LogP contribution in [0, 0.1) is 0 Å². The largest absolute Gasteiger partial charge is 0.491 e. The fourth-order valence-electron chi connectivity index (χ4n) is 1.68. The molecule has 0 aliphatic heterocycles. The Morgan fingerprint density at radius 3 is 2.81 bits per heavy atom. The van der Waals surface area contributed by atoms with Crippen molar-refractivity contribution in [1.29, 1.82) is 0 Å². The van der Waals surface area contributed by atoms with Crippen LogP contribution in [-0.4, -0.2) is 12.6 Å². The molecule has 3 nitrogen and oxygen atoms in total. The van der Waals surface area contributed by atoms with Crippen molar-refractivity contribution < 1.29 is 9.15 Å². The highest BCUT2D eigenvalue weighted by molar-refractivity contribution is 5.79. The van der Waals surface area contributed by atoms with Crippen LogP contribution in [0.15, 0.2) is 28.7 Å². The lowest BCUT2D eigenvalue weighted by Gasteiger charge is -2.08. The van der Waals surface area contributed by atoms with Crippen LogP contribution < -0.4 is 10.5 Å². The first-order chi connectivity index (χ1) is 7.69. The predicted octanol–water partition coefficient (Wildman–Crippen LogP) is 2.72. The van der Waals surface area contributed by atoms with Gasteiger partial charge in [0.2, 0.25) is 0 Å². The molecule has 2 aromatic rings. The first-order valence-electron chi connectivity index (χ1n) is 5.58. The lowest BCUT2D eigenvalue weighted by atomic mass is 10.2. The Balaban J connectivity index is 2.30. The van der Waals surface area contributed by atoms with E-state index < -0.39 is 0 Å². The molecule has 0 unspecified atom stereocenters. The highest BCUT2D eigenvalue weighted by atomic mass is 16.5. The minimum atomic E-state index is 0.177. The van der Waals surface area contributed by atoms with E-state index in [-0.39, 0.29) is 6.10 Å². The molecule has 1 aromatic carbocycles. The monoisotopic (exact) mass is 219 g/mol. The smallest absolute Gasteiger partial charge is 0.137 e. The number of nitrogens with two attached hydrogens (primary N) is 1. The first-order valence-corrected chi connectivity index (χ1v) is 5.58. The molecular formula is C13H17NO2. The second-order valence-corrected chi connectivity index (χ2v) is 4.12. The average Bonchev–Trinajstić information content (AvgIpc) is 2.59. The maximum Gasteiger partial charge on any atom is 0.137 e. The highest BCUT2D eigenvalue weighted by Gasteiger charge is 2.05. The van der Waals surface area contributed by atoms with Crippen LogP contribution in [0.5, 0.6) is 5.75 Å². The molecule has 2 N–H and O–H groups in total. The van der Waals surface area contributed by atoms with Crippen LogP contribution in [0.3, 0.4) is 0 Å². The number of hydrogen-bond acceptors (Lipinski definition) is 3. The third-order valence-electron chi connectivity index (χ3n) is 2.31. The highest BCUT2D eigenvalue weighted by Crippen LogP contribution is 2.25. The average molecular weight is 219 g/mol. The van der Waals surface area contributed by atoms with E-state index in [1.165, 1.54) is 0 Å². The number of fused-ring (bicyclic) bond motifs is 1. The van der Waals surface area contributed by atoms with E-state index >= 15 is 0 Å². The van der Waals surface area contributed by atoms with Gasteiger partial charge >= 0.3 is 0 Å². The van der Waals surface area contributed by atoms with Gasteiger partial charge in [-0.25, -0.2) is 0 Å². The van der Waals surface area contributed by atoms with Gasteiger partial charge in [0.05, 0.1) is 6.10 Å². The second kappa shape index (κ2) is 4.58. The summed E-state index contributed by atoms with van der Waals surface area (Å²) in [4.78, 5) is 0. The van der Waals surface area contributed by atoms with E-state index in [1.54, 1.807) is 0 Å². The van der Waals surface area contributed by atoms with Gasteiger partial charge in [-0.2, -0.15) is 0 Å². The van der Waals surface area contributed by atoms with Crippen LogP contribution in [0.2, 0.25) is 0 Å². The molecule has 1 heterocycles. The van der Waals surface area contributed by atoms with Crippen LogP contribution >= 0.6 is 0 Å². The van der Waals surface area contributed by atoms with E-state index in [0.29, 0.717) is 6.54 Å². The van der Waals surface area contributed by atoms with Gasteiger partial charge in [-0.1, -0.05) is 0 Å². The summed E-state index contributed by atoms with van der Waals surface area (Å²) >= 11 is 0. The summed E-state index contributed by atoms with van der Waals surface area (Å²) in [5, 5.41) is 1.10.